The molecule has 0 saturated heterocycles. The zero-order chi connectivity index (χ0) is 13.6. The summed E-state index contributed by atoms with van der Waals surface area (Å²) in [6.07, 6.45) is 3.57. The van der Waals surface area contributed by atoms with Gasteiger partial charge in [0, 0.05) is 28.2 Å². The Morgan fingerprint density at radius 2 is 2.11 bits per heavy atom. The Bertz CT molecular complexity index is 690. The normalized spacial score (nSPS) is 16.0. The molecule has 3 nitrogen and oxygen atoms in total. The van der Waals surface area contributed by atoms with E-state index in [1.54, 1.807) is 0 Å². The number of fused-ring (bicyclic) bond motifs is 1. The van der Waals surface area contributed by atoms with Gasteiger partial charge >= 0.3 is 5.97 Å². The zero-order valence-corrected chi connectivity index (χ0v) is 11.2. The number of nitrogens with one attached hydrogen (secondary N) is 1. The Morgan fingerprint density at radius 3 is 2.74 bits per heavy atom. The third kappa shape index (κ3) is 2.16. The molecular formula is C16H17NO2. The highest BCUT2D eigenvalue weighted by molar-refractivity contribution is 6.00. The standard InChI is InChI=1S/C16H17NO2/c1-9-3-6-14-13(7-9)16(10(2)17-14)12(8-15(18)19)11-4-5-11/h3,6-8,11,17H,4-5H2,1-2H3,(H,18,19)/b12-8+. The molecule has 0 radical (unpaired) electrons. The van der Waals surface area contributed by atoms with Crippen LogP contribution in [-0.4, -0.2) is 16.1 Å². The van der Waals surface area contributed by atoms with Crippen LogP contribution in [0.2, 0.25) is 0 Å². The molecule has 3 rings (SSSR count). The summed E-state index contributed by atoms with van der Waals surface area (Å²) in [6, 6.07) is 6.26. The predicted molar refractivity (Wildman–Crippen MR) is 76.1 cm³/mol. The molecule has 1 heterocycles. The first kappa shape index (κ1) is 12.0. The van der Waals surface area contributed by atoms with Crippen LogP contribution in [0.5, 0.6) is 0 Å². The molecule has 19 heavy (non-hydrogen) atoms. The number of aliphatic carboxylic acids is 1. The maximum Gasteiger partial charge on any atom is 0.328 e. The summed E-state index contributed by atoms with van der Waals surface area (Å²) in [4.78, 5) is 14.4. The minimum absolute atomic E-state index is 0.411. The maximum atomic E-state index is 11.1. The first-order chi connectivity index (χ1) is 9.06. The summed E-state index contributed by atoms with van der Waals surface area (Å²) >= 11 is 0. The van der Waals surface area contributed by atoms with Gasteiger partial charge in [0.1, 0.15) is 0 Å². The van der Waals surface area contributed by atoms with Gasteiger partial charge in [0.15, 0.2) is 0 Å². The first-order valence-corrected chi connectivity index (χ1v) is 6.60. The third-order valence-electron chi connectivity index (χ3n) is 3.73. The summed E-state index contributed by atoms with van der Waals surface area (Å²) < 4.78 is 0. The summed E-state index contributed by atoms with van der Waals surface area (Å²) in [5.41, 5.74) is 5.39. The van der Waals surface area contributed by atoms with Crippen molar-refractivity contribution in [3.63, 3.8) is 0 Å². The van der Waals surface area contributed by atoms with Crippen molar-refractivity contribution in [3.8, 4) is 0 Å². The van der Waals surface area contributed by atoms with Crippen molar-refractivity contribution in [2.45, 2.75) is 26.7 Å². The van der Waals surface area contributed by atoms with Crippen LogP contribution < -0.4 is 0 Å². The molecule has 98 valence electrons. The average molecular weight is 255 g/mol. The topological polar surface area (TPSA) is 53.1 Å². The van der Waals surface area contributed by atoms with Gasteiger partial charge in [0.05, 0.1) is 0 Å². The van der Waals surface area contributed by atoms with Gasteiger partial charge in [-0.25, -0.2) is 4.79 Å². The van der Waals surface area contributed by atoms with Crippen molar-refractivity contribution in [2.24, 2.45) is 5.92 Å². The Kier molecular flexibility index (Phi) is 2.70. The van der Waals surface area contributed by atoms with Crippen LogP contribution in [0.3, 0.4) is 0 Å². The van der Waals surface area contributed by atoms with Crippen LogP contribution in [0.15, 0.2) is 24.3 Å². The van der Waals surface area contributed by atoms with Gasteiger partial charge in [-0.05, 0) is 50.3 Å². The van der Waals surface area contributed by atoms with E-state index in [4.69, 9.17) is 5.11 Å². The Morgan fingerprint density at radius 1 is 1.37 bits per heavy atom. The minimum Gasteiger partial charge on any atom is -0.478 e. The number of hydrogen-bond acceptors (Lipinski definition) is 1. The van der Waals surface area contributed by atoms with Gasteiger partial charge < -0.3 is 10.1 Å². The molecule has 2 N–H and O–H groups in total. The molecule has 3 heteroatoms. The fourth-order valence-electron chi connectivity index (χ4n) is 2.73. The van der Waals surface area contributed by atoms with Gasteiger partial charge in [-0.15, -0.1) is 0 Å². The SMILES string of the molecule is Cc1ccc2[nH]c(C)c(/C(=C/C(=O)O)C3CC3)c2c1. The first-order valence-electron chi connectivity index (χ1n) is 6.60. The summed E-state index contributed by atoms with van der Waals surface area (Å²) in [7, 11) is 0. The van der Waals surface area contributed by atoms with Gasteiger partial charge in [0.2, 0.25) is 0 Å². The van der Waals surface area contributed by atoms with Crippen LogP contribution in [0.4, 0.5) is 0 Å². The van der Waals surface area contributed by atoms with E-state index in [1.165, 1.54) is 11.6 Å². The highest BCUT2D eigenvalue weighted by Crippen LogP contribution is 2.45. The van der Waals surface area contributed by atoms with E-state index < -0.39 is 5.97 Å². The molecule has 1 fully saturated rings. The van der Waals surface area contributed by atoms with Gasteiger partial charge in [0.25, 0.3) is 0 Å². The molecule has 2 aromatic rings. The molecule has 0 amide bonds. The van der Waals surface area contributed by atoms with E-state index in [0.29, 0.717) is 5.92 Å². The zero-order valence-electron chi connectivity index (χ0n) is 11.2. The molecule has 1 aliphatic carbocycles. The van der Waals surface area contributed by atoms with Crippen LogP contribution in [0.25, 0.3) is 16.5 Å². The summed E-state index contributed by atoms with van der Waals surface area (Å²) in [5, 5.41) is 10.2. The monoisotopic (exact) mass is 255 g/mol. The Labute approximate surface area is 112 Å². The molecule has 0 spiro atoms. The number of carboxylic acids is 1. The van der Waals surface area contributed by atoms with Crippen molar-refractivity contribution in [1.29, 1.82) is 0 Å². The van der Waals surface area contributed by atoms with E-state index in [-0.39, 0.29) is 0 Å². The number of H-pyrrole nitrogens is 1. The molecule has 0 unspecified atom stereocenters. The molecular weight excluding hydrogens is 238 g/mol. The number of aromatic nitrogens is 1. The van der Waals surface area contributed by atoms with Crippen molar-refractivity contribution in [3.05, 3.63) is 41.1 Å². The third-order valence-corrected chi connectivity index (χ3v) is 3.73. The van der Waals surface area contributed by atoms with E-state index in [9.17, 15) is 4.79 Å². The van der Waals surface area contributed by atoms with E-state index in [1.807, 2.05) is 6.92 Å². The van der Waals surface area contributed by atoms with Crippen molar-refractivity contribution in [2.75, 3.05) is 0 Å². The quantitative estimate of drug-likeness (QED) is 0.822. The average Bonchev–Trinajstić information content (AvgIpc) is 3.10. The number of aryl methyl sites for hydroxylation is 2. The molecule has 0 bridgehead atoms. The number of hydrogen-bond donors (Lipinski definition) is 2. The van der Waals surface area contributed by atoms with E-state index >= 15 is 0 Å². The van der Waals surface area contributed by atoms with Crippen molar-refractivity contribution >= 4 is 22.4 Å². The Hall–Kier alpha value is -2.03. The van der Waals surface area contributed by atoms with Crippen LogP contribution in [0, 0.1) is 19.8 Å². The fourth-order valence-corrected chi connectivity index (χ4v) is 2.73. The van der Waals surface area contributed by atoms with Gasteiger partial charge in [-0.3, -0.25) is 0 Å². The molecule has 1 aromatic heterocycles. The van der Waals surface area contributed by atoms with Crippen LogP contribution in [0.1, 0.15) is 29.7 Å². The largest absolute Gasteiger partial charge is 0.478 e. The second kappa shape index (κ2) is 4.26. The number of aromatic amines is 1. The molecule has 1 aromatic carbocycles. The molecule has 0 atom stereocenters. The fraction of sp³-hybridized carbons (Fsp3) is 0.312. The predicted octanol–water partition coefficient (Wildman–Crippen LogP) is 3.66. The lowest BCUT2D eigenvalue weighted by atomic mass is 9.97. The lowest BCUT2D eigenvalue weighted by molar-refractivity contribution is -0.131. The molecule has 0 aliphatic heterocycles. The highest BCUT2D eigenvalue weighted by atomic mass is 16.4. The van der Waals surface area contributed by atoms with Gasteiger partial charge in [-0.1, -0.05) is 11.6 Å². The number of carbonyl (C=O) groups is 1. The summed E-state index contributed by atoms with van der Waals surface area (Å²) in [5.74, 6) is -0.447. The lowest BCUT2D eigenvalue weighted by Gasteiger charge is -2.06. The number of rotatable bonds is 3. The molecule has 1 saturated carbocycles. The minimum atomic E-state index is -0.858. The van der Waals surface area contributed by atoms with Crippen LogP contribution >= 0.6 is 0 Å². The van der Waals surface area contributed by atoms with Crippen LogP contribution in [-0.2, 0) is 4.79 Å². The van der Waals surface area contributed by atoms with Gasteiger partial charge in [-0.2, -0.15) is 0 Å². The lowest BCUT2D eigenvalue weighted by Crippen LogP contribution is -1.95. The van der Waals surface area contributed by atoms with E-state index in [2.05, 4.69) is 30.1 Å². The smallest absolute Gasteiger partial charge is 0.328 e. The second-order valence-corrected chi connectivity index (χ2v) is 5.39. The van der Waals surface area contributed by atoms with Crippen molar-refractivity contribution in [1.82, 2.24) is 4.98 Å². The van der Waals surface area contributed by atoms with Crippen molar-refractivity contribution < 1.29 is 9.90 Å². The highest BCUT2D eigenvalue weighted by Gasteiger charge is 2.30. The second-order valence-electron chi connectivity index (χ2n) is 5.39. The number of benzene rings is 1. The maximum absolute atomic E-state index is 11.1. The number of carboxylic acid groups (broad SMARTS) is 1. The summed E-state index contributed by atoms with van der Waals surface area (Å²) in [6.45, 7) is 4.08. The Balaban J connectivity index is 2.25. The van der Waals surface area contributed by atoms with E-state index in [0.717, 1.165) is 40.6 Å². The molecule has 1 aliphatic rings. The number of allylic oxidation sites excluding steroid dienone is 1.